The second kappa shape index (κ2) is 7.05. The number of nitrogens with zero attached hydrogens (tertiary/aromatic N) is 2. The van der Waals surface area contributed by atoms with Crippen LogP contribution in [-0.4, -0.2) is 38.5 Å². The van der Waals surface area contributed by atoms with E-state index in [2.05, 4.69) is 11.1 Å². The Kier molecular flexibility index (Phi) is 4.70. The van der Waals surface area contributed by atoms with E-state index in [4.69, 9.17) is 14.6 Å². The van der Waals surface area contributed by atoms with Crippen molar-refractivity contribution in [3.8, 4) is 22.6 Å². The van der Waals surface area contributed by atoms with Crippen LogP contribution in [0.1, 0.15) is 11.1 Å². The summed E-state index contributed by atoms with van der Waals surface area (Å²) in [6.07, 6.45) is 2.39. The smallest absolute Gasteiger partial charge is 0.277 e. The van der Waals surface area contributed by atoms with E-state index in [1.807, 2.05) is 30.3 Å². The standard InChI is InChI=1S/C20H21N3O4S/c1-26-19-10-17-16(5-7-22-18(17)11-20(19)27-2)14-3-4-15-12-23(28(21,24)25)8-6-13(15)9-14/h3-5,7,9-11H,6,8,12H2,1-2H3,(H2,21,24,25). The van der Waals surface area contributed by atoms with Gasteiger partial charge in [-0.1, -0.05) is 18.2 Å². The lowest BCUT2D eigenvalue weighted by Gasteiger charge is -2.26. The zero-order valence-electron chi connectivity index (χ0n) is 15.7. The predicted octanol–water partition coefficient (Wildman–Crippen LogP) is 2.48. The second-order valence-corrected chi connectivity index (χ2v) is 8.24. The quantitative estimate of drug-likeness (QED) is 0.727. The minimum atomic E-state index is -3.67. The van der Waals surface area contributed by atoms with Gasteiger partial charge in [-0.2, -0.15) is 12.7 Å². The third kappa shape index (κ3) is 3.30. The molecule has 2 aromatic carbocycles. The molecule has 28 heavy (non-hydrogen) atoms. The molecule has 1 aliphatic rings. The molecule has 0 saturated heterocycles. The van der Waals surface area contributed by atoms with Gasteiger partial charge in [0.25, 0.3) is 10.2 Å². The fourth-order valence-corrected chi connectivity index (χ4v) is 4.30. The molecule has 0 saturated carbocycles. The van der Waals surface area contributed by atoms with Crippen LogP contribution in [0.2, 0.25) is 0 Å². The number of aromatic nitrogens is 1. The van der Waals surface area contributed by atoms with Crippen molar-refractivity contribution in [3.63, 3.8) is 0 Å². The number of ether oxygens (including phenoxy) is 2. The molecule has 0 radical (unpaired) electrons. The van der Waals surface area contributed by atoms with Gasteiger partial charge in [0, 0.05) is 30.7 Å². The predicted molar refractivity (Wildman–Crippen MR) is 108 cm³/mol. The molecule has 4 rings (SSSR count). The SMILES string of the molecule is COc1cc2nccc(-c3ccc4c(c3)CCN(S(N)(=O)=O)C4)c2cc1OC. The van der Waals surface area contributed by atoms with E-state index in [0.717, 1.165) is 33.2 Å². The van der Waals surface area contributed by atoms with Crippen molar-refractivity contribution in [2.24, 2.45) is 5.14 Å². The summed E-state index contributed by atoms with van der Waals surface area (Å²) in [5, 5.41) is 6.23. The zero-order chi connectivity index (χ0) is 19.9. The average Bonchev–Trinajstić information content (AvgIpc) is 2.70. The topological polar surface area (TPSA) is 94.7 Å². The summed E-state index contributed by atoms with van der Waals surface area (Å²) in [5.41, 5.74) is 4.99. The Morgan fingerprint density at radius 3 is 2.50 bits per heavy atom. The number of benzene rings is 2. The molecule has 0 atom stereocenters. The van der Waals surface area contributed by atoms with Gasteiger partial charge in [-0.15, -0.1) is 0 Å². The van der Waals surface area contributed by atoms with Crippen LogP contribution in [-0.2, 0) is 23.2 Å². The largest absolute Gasteiger partial charge is 0.493 e. The third-order valence-corrected chi connectivity index (χ3v) is 6.13. The summed E-state index contributed by atoms with van der Waals surface area (Å²) in [6.45, 7) is 0.688. The lowest BCUT2D eigenvalue weighted by atomic mass is 9.94. The highest BCUT2D eigenvalue weighted by molar-refractivity contribution is 7.86. The van der Waals surface area contributed by atoms with E-state index >= 15 is 0 Å². The van der Waals surface area contributed by atoms with Crippen LogP contribution in [0, 0.1) is 0 Å². The fourth-order valence-electron chi connectivity index (χ4n) is 3.64. The molecule has 7 nitrogen and oxygen atoms in total. The maximum absolute atomic E-state index is 11.6. The van der Waals surface area contributed by atoms with Crippen LogP contribution in [0.15, 0.2) is 42.6 Å². The molecule has 0 bridgehead atoms. The Balaban J connectivity index is 1.79. The van der Waals surface area contributed by atoms with Gasteiger partial charge in [-0.25, -0.2) is 5.14 Å². The summed E-state index contributed by atoms with van der Waals surface area (Å²) in [6, 6.07) is 11.8. The van der Waals surface area contributed by atoms with E-state index in [9.17, 15) is 8.42 Å². The van der Waals surface area contributed by atoms with Gasteiger partial charge in [0.2, 0.25) is 0 Å². The number of nitrogens with two attached hydrogens (primary N) is 1. The highest BCUT2D eigenvalue weighted by Crippen LogP contribution is 2.37. The summed E-state index contributed by atoms with van der Waals surface area (Å²) < 4.78 is 35.4. The molecule has 3 aromatic rings. The molecule has 0 unspecified atom stereocenters. The fraction of sp³-hybridized carbons (Fsp3) is 0.250. The minimum Gasteiger partial charge on any atom is -0.493 e. The first-order chi connectivity index (χ1) is 13.4. The number of rotatable bonds is 4. The highest BCUT2D eigenvalue weighted by Gasteiger charge is 2.24. The van der Waals surface area contributed by atoms with Gasteiger partial charge in [-0.05, 0) is 40.8 Å². The summed E-state index contributed by atoms with van der Waals surface area (Å²) in [4.78, 5) is 4.45. The van der Waals surface area contributed by atoms with E-state index in [0.29, 0.717) is 31.0 Å². The summed E-state index contributed by atoms with van der Waals surface area (Å²) in [7, 11) is -0.469. The maximum atomic E-state index is 11.6. The molecule has 1 aliphatic heterocycles. The molecule has 146 valence electrons. The van der Waals surface area contributed by atoms with Crippen LogP contribution < -0.4 is 14.6 Å². The van der Waals surface area contributed by atoms with E-state index in [-0.39, 0.29) is 0 Å². The number of hydrogen-bond acceptors (Lipinski definition) is 5. The van der Waals surface area contributed by atoms with Crippen molar-refractivity contribution in [1.29, 1.82) is 0 Å². The van der Waals surface area contributed by atoms with Gasteiger partial charge < -0.3 is 9.47 Å². The Bertz CT molecular complexity index is 1160. The first kappa shape index (κ1) is 18.7. The third-order valence-electron chi connectivity index (χ3n) is 5.10. The lowest BCUT2D eigenvalue weighted by Crippen LogP contribution is -2.40. The highest BCUT2D eigenvalue weighted by atomic mass is 32.2. The van der Waals surface area contributed by atoms with Crippen molar-refractivity contribution in [1.82, 2.24) is 9.29 Å². The van der Waals surface area contributed by atoms with E-state index < -0.39 is 10.2 Å². The van der Waals surface area contributed by atoms with Crippen LogP contribution >= 0.6 is 0 Å². The number of pyridine rings is 1. The Hall–Kier alpha value is -2.68. The van der Waals surface area contributed by atoms with Crippen molar-refractivity contribution >= 4 is 21.1 Å². The average molecular weight is 399 g/mol. The van der Waals surface area contributed by atoms with Gasteiger partial charge in [0.1, 0.15) is 0 Å². The van der Waals surface area contributed by atoms with Crippen LogP contribution in [0.3, 0.4) is 0 Å². The van der Waals surface area contributed by atoms with E-state index in [1.165, 1.54) is 4.31 Å². The molecular formula is C20H21N3O4S. The van der Waals surface area contributed by atoms with Crippen LogP contribution in [0.25, 0.3) is 22.0 Å². The van der Waals surface area contributed by atoms with Gasteiger partial charge in [0.15, 0.2) is 11.5 Å². The molecule has 2 N–H and O–H groups in total. The van der Waals surface area contributed by atoms with Crippen molar-refractivity contribution in [2.45, 2.75) is 13.0 Å². The Morgan fingerprint density at radius 2 is 1.79 bits per heavy atom. The number of hydrogen-bond donors (Lipinski definition) is 1. The lowest BCUT2D eigenvalue weighted by molar-refractivity contribution is 0.356. The number of fused-ring (bicyclic) bond motifs is 2. The van der Waals surface area contributed by atoms with Gasteiger partial charge >= 0.3 is 0 Å². The second-order valence-electron chi connectivity index (χ2n) is 6.69. The first-order valence-electron chi connectivity index (χ1n) is 8.81. The normalized spacial score (nSPS) is 14.7. The molecule has 0 spiro atoms. The zero-order valence-corrected chi connectivity index (χ0v) is 16.5. The summed E-state index contributed by atoms with van der Waals surface area (Å²) >= 11 is 0. The first-order valence-corrected chi connectivity index (χ1v) is 10.3. The molecule has 0 fully saturated rings. The maximum Gasteiger partial charge on any atom is 0.277 e. The van der Waals surface area contributed by atoms with Crippen molar-refractivity contribution in [3.05, 3.63) is 53.7 Å². The van der Waals surface area contributed by atoms with Crippen LogP contribution in [0.4, 0.5) is 0 Å². The Labute approximate surface area is 163 Å². The summed E-state index contributed by atoms with van der Waals surface area (Å²) in [5.74, 6) is 1.28. The Morgan fingerprint density at radius 1 is 1.04 bits per heavy atom. The molecular weight excluding hydrogens is 378 g/mol. The monoisotopic (exact) mass is 399 g/mol. The minimum absolute atomic E-state index is 0.302. The molecule has 2 heterocycles. The molecule has 1 aromatic heterocycles. The van der Waals surface area contributed by atoms with Crippen LogP contribution in [0.5, 0.6) is 11.5 Å². The van der Waals surface area contributed by atoms with Gasteiger partial charge in [-0.3, -0.25) is 4.98 Å². The number of methoxy groups -OCH3 is 2. The van der Waals surface area contributed by atoms with Crippen molar-refractivity contribution in [2.75, 3.05) is 20.8 Å². The van der Waals surface area contributed by atoms with E-state index in [1.54, 1.807) is 20.4 Å². The molecule has 8 heteroatoms. The van der Waals surface area contributed by atoms with Gasteiger partial charge in [0.05, 0.1) is 19.7 Å². The molecule has 0 aliphatic carbocycles. The molecule has 0 amide bonds. The van der Waals surface area contributed by atoms with Crippen molar-refractivity contribution < 1.29 is 17.9 Å².